The molecule has 1 atom stereocenters. The zero-order chi connectivity index (χ0) is 12.1. The monoisotopic (exact) mass is 233 g/mol. The van der Waals surface area contributed by atoms with Crippen LogP contribution in [-0.4, -0.2) is 5.78 Å². The van der Waals surface area contributed by atoms with Crippen molar-refractivity contribution in [3.8, 4) is 5.75 Å². The maximum absolute atomic E-state index is 6.10. The summed E-state index contributed by atoms with van der Waals surface area (Å²) in [6, 6.07) is 16.7. The van der Waals surface area contributed by atoms with Crippen molar-refractivity contribution in [1.82, 2.24) is 0 Å². The third kappa shape index (κ3) is 1.19. The van der Waals surface area contributed by atoms with Gasteiger partial charge in [0.25, 0.3) is 0 Å². The van der Waals surface area contributed by atoms with Crippen molar-refractivity contribution in [1.29, 1.82) is 0 Å². The number of allylic oxidation sites excluding steroid dienone is 1. The minimum atomic E-state index is 0.400. The molecule has 0 N–H and O–H groups in total. The molecule has 2 aromatic rings. The van der Waals surface area contributed by atoms with Crippen molar-refractivity contribution in [3.63, 3.8) is 0 Å². The molecule has 0 spiro atoms. The molecule has 1 nitrogen and oxygen atoms in total. The Morgan fingerprint density at radius 1 is 0.944 bits per heavy atom. The number of hydrogen-bond acceptors (Lipinski definition) is 0. The zero-order valence-electron chi connectivity index (χ0n) is 10.2. The number of carbonyl (C=O) groups excluding carboxylic acids is 1. The van der Waals surface area contributed by atoms with Crippen LogP contribution in [0.5, 0.6) is 5.75 Å². The van der Waals surface area contributed by atoms with Crippen LogP contribution in [0.3, 0.4) is 0 Å². The SMILES string of the molecule is CC1C2=Cc3ccccc3C2=[O+]c2ccccc21. The highest BCUT2D eigenvalue weighted by Crippen LogP contribution is 2.43. The summed E-state index contributed by atoms with van der Waals surface area (Å²) >= 11 is 0. The van der Waals surface area contributed by atoms with Gasteiger partial charge in [-0.2, -0.15) is 0 Å². The maximum atomic E-state index is 6.10. The molecule has 1 heterocycles. The quantitative estimate of drug-likeness (QED) is 0.600. The number of para-hydroxylation sites is 1. The van der Waals surface area contributed by atoms with E-state index in [0.717, 1.165) is 11.5 Å². The molecule has 0 saturated heterocycles. The maximum Gasteiger partial charge on any atom is 0.365 e. The first-order valence-corrected chi connectivity index (χ1v) is 6.29. The first kappa shape index (κ1) is 9.84. The van der Waals surface area contributed by atoms with Gasteiger partial charge in [0.2, 0.25) is 0 Å². The number of ketones is 1. The lowest BCUT2D eigenvalue weighted by molar-refractivity contribution is -0.169. The first-order chi connectivity index (χ1) is 8.84. The van der Waals surface area contributed by atoms with E-state index in [9.17, 15) is 0 Å². The summed E-state index contributed by atoms with van der Waals surface area (Å²) in [5, 5.41) is 0. The van der Waals surface area contributed by atoms with Crippen molar-refractivity contribution >= 4 is 11.9 Å². The van der Waals surface area contributed by atoms with Gasteiger partial charge in [-0.3, -0.25) is 0 Å². The van der Waals surface area contributed by atoms with E-state index in [2.05, 4.69) is 55.5 Å². The molecular formula is C17H13O+. The topological polar surface area (TPSA) is 11.3 Å². The number of rotatable bonds is 0. The van der Waals surface area contributed by atoms with Crippen LogP contribution in [0.1, 0.15) is 34.0 Å². The average molecular weight is 233 g/mol. The van der Waals surface area contributed by atoms with Crippen LogP contribution in [0.4, 0.5) is 0 Å². The van der Waals surface area contributed by atoms with E-state index >= 15 is 0 Å². The van der Waals surface area contributed by atoms with Crippen LogP contribution < -0.4 is 0 Å². The Balaban J connectivity index is 2.01. The van der Waals surface area contributed by atoms with Gasteiger partial charge < -0.3 is 0 Å². The standard InChI is InChI=1S/C17H13O/c1-11-13-7-4-5-9-16(13)18-17-14-8-3-2-6-12(14)10-15(11)17/h2-11H,1H3/q+1. The van der Waals surface area contributed by atoms with Crippen LogP contribution in [-0.2, 0) is 0 Å². The normalized spacial score (nSPS) is 19.5. The molecule has 0 bridgehead atoms. The highest BCUT2D eigenvalue weighted by atomic mass is 16.4. The Hall–Kier alpha value is -2.15. The van der Waals surface area contributed by atoms with Gasteiger partial charge in [0, 0.05) is 12.0 Å². The molecule has 0 radical (unpaired) electrons. The van der Waals surface area contributed by atoms with Gasteiger partial charge in [-0.15, -0.1) is 0 Å². The third-order valence-corrected chi connectivity index (χ3v) is 3.84. The van der Waals surface area contributed by atoms with E-state index in [-0.39, 0.29) is 0 Å². The van der Waals surface area contributed by atoms with Crippen molar-refractivity contribution in [3.05, 3.63) is 70.8 Å². The second kappa shape index (κ2) is 3.42. The molecule has 1 aliphatic carbocycles. The largest absolute Gasteiger partial charge is 0.365 e. The van der Waals surface area contributed by atoms with E-state index in [0.29, 0.717) is 5.92 Å². The minimum Gasteiger partial charge on any atom is -0.207 e. The van der Waals surface area contributed by atoms with Gasteiger partial charge in [-0.25, -0.2) is 4.42 Å². The van der Waals surface area contributed by atoms with Gasteiger partial charge in [0.15, 0.2) is 0 Å². The molecule has 2 aromatic carbocycles. The van der Waals surface area contributed by atoms with Gasteiger partial charge >= 0.3 is 11.5 Å². The third-order valence-electron chi connectivity index (χ3n) is 3.84. The highest BCUT2D eigenvalue weighted by Gasteiger charge is 2.40. The predicted molar refractivity (Wildman–Crippen MR) is 73.1 cm³/mol. The first-order valence-electron chi connectivity index (χ1n) is 6.29. The van der Waals surface area contributed by atoms with E-state index in [1.54, 1.807) is 0 Å². The second-order valence-corrected chi connectivity index (χ2v) is 4.88. The summed E-state index contributed by atoms with van der Waals surface area (Å²) in [5.74, 6) is 2.43. The van der Waals surface area contributed by atoms with Gasteiger partial charge in [0.1, 0.15) is 0 Å². The van der Waals surface area contributed by atoms with Crippen molar-refractivity contribution in [2.75, 3.05) is 0 Å². The Bertz CT molecular complexity index is 707. The summed E-state index contributed by atoms with van der Waals surface area (Å²) < 4.78 is 6.10. The lowest BCUT2D eigenvalue weighted by Gasteiger charge is -2.13. The summed E-state index contributed by atoms with van der Waals surface area (Å²) in [7, 11) is 0. The number of benzene rings is 2. The van der Waals surface area contributed by atoms with Crippen LogP contribution in [0.25, 0.3) is 6.08 Å². The van der Waals surface area contributed by atoms with Crippen molar-refractivity contribution in [2.45, 2.75) is 12.8 Å². The van der Waals surface area contributed by atoms with E-state index < -0.39 is 0 Å². The summed E-state index contributed by atoms with van der Waals surface area (Å²) in [6.07, 6.45) is 2.26. The lowest BCUT2D eigenvalue weighted by atomic mass is 9.88. The van der Waals surface area contributed by atoms with Crippen LogP contribution >= 0.6 is 0 Å². The van der Waals surface area contributed by atoms with E-state index in [1.165, 1.54) is 22.3 Å². The molecule has 2 aliphatic rings. The fourth-order valence-electron chi connectivity index (χ4n) is 2.86. The molecular weight excluding hydrogens is 220 g/mol. The highest BCUT2D eigenvalue weighted by molar-refractivity contribution is 6.19. The molecule has 18 heavy (non-hydrogen) atoms. The van der Waals surface area contributed by atoms with Gasteiger partial charge in [0.05, 0.1) is 16.7 Å². The van der Waals surface area contributed by atoms with Crippen molar-refractivity contribution in [2.24, 2.45) is 0 Å². The van der Waals surface area contributed by atoms with Crippen LogP contribution in [0, 0.1) is 0 Å². The smallest absolute Gasteiger partial charge is 0.207 e. The Morgan fingerprint density at radius 3 is 2.67 bits per heavy atom. The van der Waals surface area contributed by atoms with Crippen LogP contribution in [0.2, 0.25) is 0 Å². The average Bonchev–Trinajstić information content (AvgIpc) is 2.79. The fourth-order valence-corrected chi connectivity index (χ4v) is 2.86. The minimum absolute atomic E-state index is 0.400. The molecule has 4 rings (SSSR count). The zero-order valence-corrected chi connectivity index (χ0v) is 10.2. The molecule has 1 unspecified atom stereocenters. The second-order valence-electron chi connectivity index (χ2n) is 4.88. The Kier molecular flexibility index (Phi) is 1.87. The fraction of sp³-hybridized carbons (Fsp3) is 0.118. The Labute approximate surface area is 106 Å². The van der Waals surface area contributed by atoms with E-state index in [1.807, 2.05) is 6.07 Å². The predicted octanol–water partition coefficient (Wildman–Crippen LogP) is 4.33. The lowest BCUT2D eigenvalue weighted by Crippen LogP contribution is -2.12. The Morgan fingerprint density at radius 2 is 1.72 bits per heavy atom. The summed E-state index contributed by atoms with van der Waals surface area (Å²) in [5.41, 5.74) is 5.06. The van der Waals surface area contributed by atoms with E-state index in [4.69, 9.17) is 4.42 Å². The van der Waals surface area contributed by atoms with Crippen molar-refractivity contribution < 1.29 is 4.42 Å². The number of fused-ring (bicyclic) bond motifs is 4. The van der Waals surface area contributed by atoms with Gasteiger partial charge in [-0.1, -0.05) is 37.3 Å². The summed E-state index contributed by atoms with van der Waals surface area (Å²) in [6.45, 7) is 2.25. The molecule has 86 valence electrons. The van der Waals surface area contributed by atoms with Crippen LogP contribution in [0.15, 0.2) is 54.1 Å². The number of hydrogen-bond donors (Lipinski definition) is 0. The molecule has 1 aliphatic heterocycles. The van der Waals surface area contributed by atoms with Gasteiger partial charge in [-0.05, 0) is 23.8 Å². The molecule has 0 fully saturated rings. The molecule has 0 saturated carbocycles. The molecule has 0 amide bonds. The molecule has 1 heteroatoms. The summed E-state index contributed by atoms with van der Waals surface area (Å²) in [4.78, 5) is 0. The molecule has 0 aromatic heterocycles.